The first-order valence-corrected chi connectivity index (χ1v) is 13.8. The number of rotatable bonds is 4. The summed E-state index contributed by atoms with van der Waals surface area (Å²) >= 11 is 1.89. The summed E-state index contributed by atoms with van der Waals surface area (Å²) in [6, 6.07) is 11.7. The minimum atomic E-state index is -1.15. The van der Waals surface area contributed by atoms with Crippen LogP contribution >= 0.6 is 23.1 Å². The lowest BCUT2D eigenvalue weighted by atomic mass is 9.81. The number of thioether (sulfide) groups is 1. The molecule has 0 saturated carbocycles. The Labute approximate surface area is 231 Å². The van der Waals surface area contributed by atoms with E-state index in [2.05, 4.69) is 26.1 Å². The molecule has 3 N–H and O–H groups in total. The van der Waals surface area contributed by atoms with Crippen molar-refractivity contribution in [1.82, 2.24) is 9.47 Å². The molecule has 0 spiro atoms. The number of urea groups is 1. The van der Waals surface area contributed by atoms with Gasteiger partial charge in [0, 0.05) is 16.5 Å². The highest BCUT2D eigenvalue weighted by atomic mass is 32.2. The van der Waals surface area contributed by atoms with Gasteiger partial charge in [-0.1, -0.05) is 68.1 Å². The largest absolute Gasteiger partial charge is 0.351 e. The number of carbonyl (C=O) groups excluding carboxylic acids is 4. The first-order chi connectivity index (χ1) is 18.4. The smallest absolute Gasteiger partial charge is 0.328 e. The molecule has 9 nitrogen and oxygen atoms in total. The van der Waals surface area contributed by atoms with Gasteiger partial charge in [-0.25, -0.2) is 9.18 Å². The Hall–Kier alpha value is -3.77. The quantitative estimate of drug-likeness (QED) is 0.462. The predicted molar refractivity (Wildman–Crippen MR) is 145 cm³/mol. The minimum absolute atomic E-state index is 0.122. The van der Waals surface area contributed by atoms with E-state index in [1.54, 1.807) is 0 Å². The summed E-state index contributed by atoms with van der Waals surface area (Å²) in [5, 5.41) is 2.02. The molecule has 3 aromatic rings. The summed E-state index contributed by atoms with van der Waals surface area (Å²) in [5.41, 5.74) is 7.37. The van der Waals surface area contributed by atoms with Gasteiger partial charge < -0.3 is 11.1 Å². The summed E-state index contributed by atoms with van der Waals surface area (Å²) < 4.78 is 14.5. The SMILES string of the molecule is CC(C)(C)c1ccc(C2c3sc(=O)n(CC(=O)Nc4ccc(F)cc4)c3SC3C(=O)N(C(N)=O)C(=O)C32)cc1. The number of anilines is 1. The third-order valence-corrected chi connectivity index (χ3v) is 9.44. The molecule has 5 amide bonds. The molecule has 1 fully saturated rings. The Bertz CT molecular complexity index is 1560. The number of hydrogen-bond donors (Lipinski definition) is 2. The highest BCUT2D eigenvalue weighted by molar-refractivity contribution is 8.00. The topological polar surface area (TPSA) is 132 Å². The Morgan fingerprint density at radius 2 is 1.64 bits per heavy atom. The van der Waals surface area contributed by atoms with Crippen molar-refractivity contribution in [2.75, 3.05) is 5.32 Å². The normalized spacial score (nSPS) is 20.5. The van der Waals surface area contributed by atoms with Crippen molar-refractivity contribution in [1.29, 1.82) is 0 Å². The fourth-order valence-electron chi connectivity index (χ4n) is 4.90. The number of benzene rings is 2. The number of amides is 5. The van der Waals surface area contributed by atoms with Crippen LogP contribution < -0.4 is 15.9 Å². The molecule has 3 unspecified atom stereocenters. The van der Waals surface area contributed by atoms with Crippen LogP contribution in [0.3, 0.4) is 0 Å². The van der Waals surface area contributed by atoms with Crippen molar-refractivity contribution in [3.8, 4) is 0 Å². The third kappa shape index (κ3) is 4.78. The Morgan fingerprint density at radius 1 is 1.00 bits per heavy atom. The first-order valence-electron chi connectivity index (χ1n) is 12.1. The Balaban J connectivity index is 1.56. The summed E-state index contributed by atoms with van der Waals surface area (Å²) in [7, 11) is 0. The second kappa shape index (κ2) is 9.76. The molecule has 2 aromatic carbocycles. The molecule has 202 valence electrons. The van der Waals surface area contributed by atoms with Crippen molar-refractivity contribution in [3.05, 3.63) is 80.0 Å². The molecule has 2 aliphatic rings. The zero-order valence-electron chi connectivity index (χ0n) is 21.3. The zero-order chi connectivity index (χ0) is 28.2. The number of halogens is 1. The maximum Gasteiger partial charge on any atom is 0.328 e. The maximum absolute atomic E-state index is 13.3. The zero-order valence-corrected chi connectivity index (χ0v) is 22.9. The molecule has 2 aliphatic heterocycles. The second-order valence-electron chi connectivity index (χ2n) is 10.4. The summed E-state index contributed by atoms with van der Waals surface area (Å²) in [6.07, 6.45) is 0. The standard InChI is InChI=1S/C27H25FN4O5S2/c1-27(2,3)14-6-4-13(5-7-14)18-19-20(23(35)32(22(19)34)25(29)36)38-24-21(18)39-26(37)31(24)12-17(33)30-16-10-8-15(28)9-11-16/h4-11,18-20H,12H2,1-3H3,(H2,29,36)(H,30,33). The van der Waals surface area contributed by atoms with E-state index in [9.17, 15) is 28.4 Å². The van der Waals surface area contributed by atoms with Crippen molar-refractivity contribution < 1.29 is 23.6 Å². The van der Waals surface area contributed by atoms with Crippen LogP contribution in [0.5, 0.6) is 0 Å². The van der Waals surface area contributed by atoms with Crippen LogP contribution in [0.2, 0.25) is 0 Å². The van der Waals surface area contributed by atoms with Crippen molar-refractivity contribution in [2.24, 2.45) is 11.7 Å². The van der Waals surface area contributed by atoms with Crippen LogP contribution in [0.25, 0.3) is 0 Å². The lowest BCUT2D eigenvalue weighted by molar-refractivity contribution is -0.135. The molecule has 12 heteroatoms. The second-order valence-corrected chi connectivity index (χ2v) is 12.6. The lowest BCUT2D eigenvalue weighted by Crippen LogP contribution is -2.41. The van der Waals surface area contributed by atoms with Crippen molar-refractivity contribution in [2.45, 2.75) is 48.9 Å². The third-order valence-electron chi connectivity index (χ3n) is 6.84. The summed E-state index contributed by atoms with van der Waals surface area (Å²) in [5.74, 6) is -4.06. The Kier molecular flexibility index (Phi) is 6.71. The van der Waals surface area contributed by atoms with Gasteiger partial charge in [0.1, 0.15) is 17.6 Å². The number of nitrogens with zero attached hydrogens (tertiary/aromatic N) is 2. The van der Waals surface area contributed by atoms with Gasteiger partial charge in [-0.05, 0) is 40.8 Å². The van der Waals surface area contributed by atoms with E-state index in [1.807, 2.05) is 24.3 Å². The van der Waals surface area contributed by atoms with E-state index in [0.717, 1.165) is 28.7 Å². The molecule has 0 aliphatic carbocycles. The highest BCUT2D eigenvalue weighted by Gasteiger charge is 2.57. The van der Waals surface area contributed by atoms with E-state index < -0.39 is 51.5 Å². The van der Waals surface area contributed by atoms with E-state index >= 15 is 0 Å². The number of thiazole rings is 1. The van der Waals surface area contributed by atoms with Gasteiger partial charge in [0.2, 0.25) is 11.8 Å². The average molecular weight is 569 g/mol. The van der Waals surface area contributed by atoms with Crippen LogP contribution in [-0.4, -0.2) is 38.5 Å². The average Bonchev–Trinajstić information content (AvgIpc) is 3.31. The number of aromatic nitrogens is 1. The molecule has 1 aromatic heterocycles. The van der Waals surface area contributed by atoms with Gasteiger partial charge in [0.25, 0.3) is 5.91 Å². The van der Waals surface area contributed by atoms with E-state index in [1.165, 1.54) is 28.8 Å². The molecule has 39 heavy (non-hydrogen) atoms. The first kappa shape index (κ1) is 26.8. The Morgan fingerprint density at radius 3 is 2.23 bits per heavy atom. The fraction of sp³-hybridized carbons (Fsp3) is 0.296. The van der Waals surface area contributed by atoms with Gasteiger partial charge in [0.05, 0.1) is 10.9 Å². The number of carbonyl (C=O) groups is 4. The number of imide groups is 3. The number of primary amides is 1. The molecule has 3 heterocycles. The molecular formula is C27H25FN4O5S2. The van der Waals surface area contributed by atoms with Gasteiger partial charge >= 0.3 is 10.9 Å². The van der Waals surface area contributed by atoms with E-state index in [0.29, 0.717) is 26.1 Å². The van der Waals surface area contributed by atoms with Gasteiger partial charge in [0.15, 0.2) is 0 Å². The predicted octanol–water partition coefficient (Wildman–Crippen LogP) is 3.66. The minimum Gasteiger partial charge on any atom is -0.351 e. The summed E-state index contributed by atoms with van der Waals surface area (Å²) in [6.45, 7) is 5.85. The molecular weight excluding hydrogens is 543 g/mol. The lowest BCUT2D eigenvalue weighted by Gasteiger charge is -2.31. The maximum atomic E-state index is 13.3. The van der Waals surface area contributed by atoms with Crippen molar-refractivity contribution in [3.63, 3.8) is 0 Å². The van der Waals surface area contributed by atoms with Crippen LogP contribution in [0.4, 0.5) is 14.9 Å². The number of nitrogens with one attached hydrogen (secondary N) is 1. The molecule has 1 saturated heterocycles. The molecule has 3 atom stereocenters. The molecule has 0 bridgehead atoms. The summed E-state index contributed by atoms with van der Waals surface area (Å²) in [4.78, 5) is 65.0. The van der Waals surface area contributed by atoms with Crippen LogP contribution in [-0.2, 0) is 26.3 Å². The molecule has 5 rings (SSSR count). The van der Waals surface area contributed by atoms with Crippen molar-refractivity contribution >= 4 is 52.5 Å². The monoisotopic (exact) mass is 568 g/mol. The van der Waals surface area contributed by atoms with Gasteiger partial charge in [-0.3, -0.25) is 23.7 Å². The van der Waals surface area contributed by atoms with Gasteiger partial charge in [-0.2, -0.15) is 4.90 Å². The number of fused-ring (bicyclic) bond motifs is 2. The van der Waals surface area contributed by atoms with Gasteiger partial charge in [-0.15, -0.1) is 0 Å². The molecule has 0 radical (unpaired) electrons. The number of hydrogen-bond acceptors (Lipinski definition) is 7. The number of likely N-dealkylation sites (tertiary alicyclic amines) is 1. The van der Waals surface area contributed by atoms with Crippen LogP contribution in [0.1, 0.15) is 42.7 Å². The van der Waals surface area contributed by atoms with Crippen LogP contribution in [0, 0.1) is 11.7 Å². The van der Waals surface area contributed by atoms with Crippen LogP contribution in [0.15, 0.2) is 58.4 Å². The highest BCUT2D eigenvalue weighted by Crippen LogP contribution is 2.53. The number of nitrogens with two attached hydrogens (primary N) is 1. The van der Waals surface area contributed by atoms with E-state index in [-0.39, 0.29) is 12.0 Å². The fourth-order valence-corrected chi connectivity index (χ4v) is 7.67. The van der Waals surface area contributed by atoms with E-state index in [4.69, 9.17) is 5.73 Å².